The van der Waals surface area contributed by atoms with Crippen molar-refractivity contribution in [3.05, 3.63) is 99.1 Å². The molecule has 0 radical (unpaired) electrons. The number of aryl methyl sites for hydroxylation is 1. The molecule has 4 amide bonds. The van der Waals surface area contributed by atoms with Gasteiger partial charge in [0.2, 0.25) is 0 Å². The molecule has 0 fully saturated rings. The fourth-order valence-corrected chi connectivity index (χ4v) is 3.44. The van der Waals surface area contributed by atoms with Gasteiger partial charge < -0.3 is 10.6 Å². The molecular weight excluding hydrogens is 412 g/mol. The zero-order valence-electron chi connectivity index (χ0n) is 17.0. The van der Waals surface area contributed by atoms with Crippen LogP contribution in [-0.2, 0) is 6.54 Å². The summed E-state index contributed by atoms with van der Waals surface area (Å²) in [5, 5.41) is 16.2. The number of carbonyl (C=O) groups excluding carboxylic acids is 3. The Kier molecular flexibility index (Phi) is 5.38. The molecule has 1 aliphatic rings. The molecule has 0 saturated heterocycles. The van der Waals surface area contributed by atoms with Crippen molar-refractivity contribution >= 4 is 34.9 Å². The predicted octanol–water partition coefficient (Wildman–Crippen LogP) is 4.03. The third kappa shape index (κ3) is 3.91. The maximum atomic E-state index is 12.6. The zero-order chi connectivity index (χ0) is 22.8. The summed E-state index contributed by atoms with van der Waals surface area (Å²) in [6.07, 6.45) is 0. The van der Waals surface area contributed by atoms with Crippen LogP contribution in [0.25, 0.3) is 0 Å². The first-order chi connectivity index (χ1) is 15.3. The van der Waals surface area contributed by atoms with Gasteiger partial charge in [-0.2, -0.15) is 0 Å². The largest absolute Gasteiger partial charge is 0.334 e. The van der Waals surface area contributed by atoms with E-state index in [1.807, 2.05) is 0 Å². The highest BCUT2D eigenvalue weighted by atomic mass is 16.6. The molecule has 0 spiro atoms. The van der Waals surface area contributed by atoms with Gasteiger partial charge in [-0.25, -0.2) is 9.69 Å². The SMILES string of the molecule is Cc1cc([N+](=O)[O-])ccc1NC(=O)NCc1ccc(N2C(=O)c3ccccc3C2=O)cc1. The van der Waals surface area contributed by atoms with Crippen LogP contribution < -0.4 is 15.5 Å². The van der Waals surface area contributed by atoms with Crippen LogP contribution in [0.15, 0.2) is 66.7 Å². The van der Waals surface area contributed by atoms with Crippen molar-refractivity contribution in [1.82, 2.24) is 5.32 Å². The maximum absolute atomic E-state index is 12.6. The monoisotopic (exact) mass is 430 g/mol. The number of nitrogens with zero attached hydrogens (tertiary/aromatic N) is 2. The van der Waals surface area contributed by atoms with E-state index in [4.69, 9.17) is 0 Å². The fourth-order valence-electron chi connectivity index (χ4n) is 3.44. The van der Waals surface area contributed by atoms with Crippen LogP contribution in [0, 0.1) is 17.0 Å². The number of amides is 4. The van der Waals surface area contributed by atoms with Crippen molar-refractivity contribution in [3.8, 4) is 0 Å². The number of urea groups is 1. The molecule has 9 nitrogen and oxygen atoms in total. The molecule has 0 aromatic heterocycles. The maximum Gasteiger partial charge on any atom is 0.319 e. The van der Waals surface area contributed by atoms with E-state index in [2.05, 4.69) is 10.6 Å². The van der Waals surface area contributed by atoms with Crippen LogP contribution in [-0.4, -0.2) is 22.8 Å². The van der Waals surface area contributed by atoms with Gasteiger partial charge in [-0.3, -0.25) is 19.7 Å². The summed E-state index contributed by atoms with van der Waals surface area (Å²) >= 11 is 0. The van der Waals surface area contributed by atoms with Gasteiger partial charge in [0, 0.05) is 24.4 Å². The van der Waals surface area contributed by atoms with Gasteiger partial charge in [0.15, 0.2) is 0 Å². The van der Waals surface area contributed by atoms with Gasteiger partial charge in [-0.05, 0) is 48.4 Å². The Morgan fingerprint density at radius 1 is 0.969 bits per heavy atom. The summed E-state index contributed by atoms with van der Waals surface area (Å²) in [6.45, 7) is 1.88. The summed E-state index contributed by atoms with van der Waals surface area (Å²) in [4.78, 5) is 48.8. The molecule has 3 aromatic rings. The van der Waals surface area contributed by atoms with Crippen molar-refractivity contribution < 1.29 is 19.3 Å². The summed E-state index contributed by atoms with van der Waals surface area (Å²) < 4.78 is 0. The van der Waals surface area contributed by atoms with E-state index in [-0.39, 0.29) is 24.0 Å². The number of rotatable bonds is 5. The first-order valence-corrected chi connectivity index (χ1v) is 9.72. The van der Waals surface area contributed by atoms with Gasteiger partial charge in [0.1, 0.15) is 0 Å². The second kappa shape index (κ2) is 8.31. The average molecular weight is 430 g/mol. The highest BCUT2D eigenvalue weighted by Crippen LogP contribution is 2.28. The number of hydrogen-bond acceptors (Lipinski definition) is 5. The first kappa shape index (κ1) is 20.7. The first-order valence-electron chi connectivity index (χ1n) is 9.72. The lowest BCUT2D eigenvalue weighted by Crippen LogP contribution is -2.29. The molecule has 2 N–H and O–H groups in total. The normalized spacial score (nSPS) is 12.5. The Hall–Kier alpha value is -4.53. The quantitative estimate of drug-likeness (QED) is 0.360. The van der Waals surface area contributed by atoms with Crippen molar-refractivity contribution in [2.45, 2.75) is 13.5 Å². The number of fused-ring (bicyclic) bond motifs is 1. The number of non-ortho nitro benzene ring substituents is 1. The summed E-state index contributed by atoms with van der Waals surface area (Å²) in [6, 6.07) is 17.1. The molecule has 0 aliphatic carbocycles. The van der Waals surface area contributed by atoms with Crippen LogP contribution in [0.5, 0.6) is 0 Å². The molecule has 1 aliphatic heterocycles. The van der Waals surface area contributed by atoms with E-state index >= 15 is 0 Å². The number of carbonyl (C=O) groups is 3. The topological polar surface area (TPSA) is 122 Å². The lowest BCUT2D eigenvalue weighted by atomic mass is 10.1. The highest BCUT2D eigenvalue weighted by Gasteiger charge is 2.36. The molecule has 3 aromatic carbocycles. The minimum atomic E-state index is -0.498. The molecule has 0 unspecified atom stereocenters. The number of anilines is 2. The van der Waals surface area contributed by atoms with Crippen molar-refractivity contribution in [2.24, 2.45) is 0 Å². The van der Waals surface area contributed by atoms with Crippen LogP contribution in [0.2, 0.25) is 0 Å². The predicted molar refractivity (Wildman–Crippen MR) is 118 cm³/mol. The minimum absolute atomic E-state index is 0.0494. The van der Waals surface area contributed by atoms with Crippen molar-refractivity contribution in [3.63, 3.8) is 0 Å². The number of nitrogens with one attached hydrogen (secondary N) is 2. The van der Waals surface area contributed by atoms with Gasteiger partial charge in [-0.15, -0.1) is 0 Å². The van der Waals surface area contributed by atoms with Crippen molar-refractivity contribution in [1.29, 1.82) is 0 Å². The van der Waals surface area contributed by atoms with E-state index in [9.17, 15) is 24.5 Å². The number of nitro benzene ring substituents is 1. The zero-order valence-corrected chi connectivity index (χ0v) is 17.0. The minimum Gasteiger partial charge on any atom is -0.334 e. The standard InChI is InChI=1S/C23H18N4O5/c1-14-12-17(27(31)32)10-11-20(14)25-23(30)24-13-15-6-8-16(9-7-15)26-21(28)18-4-2-3-5-19(18)22(26)29/h2-12H,13H2,1H3,(H2,24,25,30). The van der Waals surface area contributed by atoms with Gasteiger partial charge in [-0.1, -0.05) is 24.3 Å². The van der Waals surface area contributed by atoms with Crippen LogP contribution >= 0.6 is 0 Å². The fraction of sp³-hybridized carbons (Fsp3) is 0.0870. The smallest absolute Gasteiger partial charge is 0.319 e. The molecule has 0 atom stereocenters. The molecule has 160 valence electrons. The van der Waals surface area contributed by atoms with Crippen molar-refractivity contribution in [2.75, 3.05) is 10.2 Å². The Morgan fingerprint density at radius 3 is 2.16 bits per heavy atom. The van der Waals surface area contributed by atoms with E-state index in [0.717, 1.165) is 10.5 Å². The third-order valence-corrected chi connectivity index (χ3v) is 5.11. The van der Waals surface area contributed by atoms with Gasteiger partial charge in [0.05, 0.1) is 21.7 Å². The Bertz CT molecular complexity index is 1220. The number of imide groups is 1. The molecule has 0 bridgehead atoms. The molecule has 9 heteroatoms. The van der Waals surface area contributed by atoms with E-state index in [1.54, 1.807) is 55.5 Å². The molecule has 32 heavy (non-hydrogen) atoms. The Balaban J connectivity index is 1.38. The van der Waals surface area contributed by atoms with E-state index in [0.29, 0.717) is 28.1 Å². The number of nitro groups is 1. The number of benzene rings is 3. The summed E-state index contributed by atoms with van der Waals surface area (Å²) in [7, 11) is 0. The Labute approximate surface area is 182 Å². The number of hydrogen-bond donors (Lipinski definition) is 2. The second-order valence-electron chi connectivity index (χ2n) is 7.22. The molecular formula is C23H18N4O5. The summed E-state index contributed by atoms with van der Waals surface area (Å²) in [5.74, 6) is -0.733. The van der Waals surface area contributed by atoms with Gasteiger partial charge in [0.25, 0.3) is 17.5 Å². The lowest BCUT2D eigenvalue weighted by molar-refractivity contribution is -0.384. The highest BCUT2D eigenvalue weighted by molar-refractivity contribution is 6.34. The van der Waals surface area contributed by atoms with Crippen LogP contribution in [0.4, 0.5) is 21.9 Å². The Morgan fingerprint density at radius 2 is 1.59 bits per heavy atom. The third-order valence-electron chi connectivity index (χ3n) is 5.11. The molecule has 1 heterocycles. The lowest BCUT2D eigenvalue weighted by Gasteiger charge is -2.15. The van der Waals surface area contributed by atoms with E-state index < -0.39 is 11.0 Å². The van der Waals surface area contributed by atoms with E-state index in [1.165, 1.54) is 18.2 Å². The molecule has 4 rings (SSSR count). The van der Waals surface area contributed by atoms with Crippen LogP contribution in [0.3, 0.4) is 0 Å². The van der Waals surface area contributed by atoms with Gasteiger partial charge >= 0.3 is 6.03 Å². The average Bonchev–Trinajstić information content (AvgIpc) is 3.04. The molecule has 0 saturated carbocycles. The summed E-state index contributed by atoms with van der Waals surface area (Å²) in [5.41, 5.74) is 2.95. The second-order valence-corrected chi connectivity index (χ2v) is 7.22. The van der Waals surface area contributed by atoms with Crippen LogP contribution in [0.1, 0.15) is 31.8 Å².